The number of nitrogens with one attached hydrogen (secondary N) is 1. The second-order valence-electron chi connectivity index (χ2n) is 3.94. The third-order valence-electron chi connectivity index (χ3n) is 2.52. The van der Waals surface area contributed by atoms with Crippen molar-refractivity contribution >= 4 is 34.0 Å². The van der Waals surface area contributed by atoms with Crippen LogP contribution in [0.1, 0.15) is 17.3 Å². The summed E-state index contributed by atoms with van der Waals surface area (Å²) in [6.45, 7) is 1.88. The standard InChI is InChI=1S/C11H13ClN2O4S/c1-7(19(2)18)6-13-11(15)9-5-8(12)3-4-10(9)14(16)17/h3-5,7H,6H2,1-2H3,(H,13,15). The Morgan fingerprint density at radius 3 is 2.74 bits per heavy atom. The van der Waals surface area contributed by atoms with E-state index < -0.39 is 21.6 Å². The Hall–Kier alpha value is -1.47. The van der Waals surface area contributed by atoms with Gasteiger partial charge in [0.05, 0.1) is 4.92 Å². The Kier molecular flexibility index (Phi) is 5.44. The van der Waals surface area contributed by atoms with Gasteiger partial charge in [0.2, 0.25) is 0 Å². The van der Waals surface area contributed by atoms with Crippen LogP contribution in [0.2, 0.25) is 5.02 Å². The monoisotopic (exact) mass is 304 g/mol. The fourth-order valence-electron chi connectivity index (χ4n) is 1.30. The second-order valence-corrected chi connectivity index (χ2v) is 6.18. The van der Waals surface area contributed by atoms with Crippen molar-refractivity contribution in [3.63, 3.8) is 0 Å². The molecule has 2 atom stereocenters. The van der Waals surface area contributed by atoms with E-state index in [0.29, 0.717) is 0 Å². The molecular formula is C11H13ClN2O4S. The van der Waals surface area contributed by atoms with Gasteiger partial charge in [-0.25, -0.2) is 0 Å². The van der Waals surface area contributed by atoms with Gasteiger partial charge in [0.1, 0.15) is 5.56 Å². The van der Waals surface area contributed by atoms with Crippen molar-refractivity contribution in [2.75, 3.05) is 12.8 Å². The molecule has 0 bridgehead atoms. The van der Waals surface area contributed by atoms with Crippen molar-refractivity contribution in [1.82, 2.24) is 5.32 Å². The number of carbonyl (C=O) groups excluding carboxylic acids is 1. The zero-order chi connectivity index (χ0) is 14.6. The van der Waals surface area contributed by atoms with E-state index in [-0.39, 0.29) is 28.1 Å². The highest BCUT2D eigenvalue weighted by Crippen LogP contribution is 2.22. The Bertz CT molecular complexity index is 535. The molecule has 0 aliphatic carbocycles. The highest BCUT2D eigenvalue weighted by Gasteiger charge is 2.21. The average Bonchev–Trinajstić information content (AvgIpc) is 2.34. The first-order valence-electron chi connectivity index (χ1n) is 5.37. The van der Waals surface area contributed by atoms with Crippen molar-refractivity contribution < 1.29 is 13.9 Å². The molecule has 1 N–H and O–H groups in total. The quantitative estimate of drug-likeness (QED) is 0.663. The number of hydrogen-bond acceptors (Lipinski definition) is 4. The molecule has 0 aliphatic rings. The Labute approximate surface area is 117 Å². The molecule has 6 nitrogen and oxygen atoms in total. The van der Waals surface area contributed by atoms with Crippen LogP contribution in [0.5, 0.6) is 0 Å². The summed E-state index contributed by atoms with van der Waals surface area (Å²) < 4.78 is 11.2. The lowest BCUT2D eigenvalue weighted by Crippen LogP contribution is -2.32. The van der Waals surface area contributed by atoms with Gasteiger partial charge in [0, 0.05) is 39.9 Å². The zero-order valence-electron chi connectivity index (χ0n) is 10.4. The van der Waals surface area contributed by atoms with Gasteiger partial charge in [-0.2, -0.15) is 0 Å². The zero-order valence-corrected chi connectivity index (χ0v) is 12.0. The predicted octanol–water partition coefficient (Wildman–Crippen LogP) is 1.75. The molecule has 1 amide bonds. The van der Waals surface area contributed by atoms with E-state index >= 15 is 0 Å². The number of hydrogen-bond donors (Lipinski definition) is 1. The maximum atomic E-state index is 11.9. The first-order chi connectivity index (χ1) is 8.82. The molecule has 19 heavy (non-hydrogen) atoms. The molecule has 8 heteroatoms. The summed E-state index contributed by atoms with van der Waals surface area (Å²) in [5.74, 6) is -0.605. The highest BCUT2D eigenvalue weighted by atomic mass is 35.5. The van der Waals surface area contributed by atoms with Crippen LogP contribution in [-0.2, 0) is 10.8 Å². The molecule has 2 unspecified atom stereocenters. The van der Waals surface area contributed by atoms with Crippen LogP contribution in [-0.4, -0.2) is 33.1 Å². The third kappa shape index (κ3) is 4.29. The topological polar surface area (TPSA) is 89.3 Å². The summed E-state index contributed by atoms with van der Waals surface area (Å²) >= 11 is 5.73. The van der Waals surface area contributed by atoms with E-state index in [1.807, 2.05) is 0 Å². The van der Waals surface area contributed by atoms with E-state index in [1.54, 1.807) is 6.92 Å². The molecule has 0 radical (unpaired) electrons. The van der Waals surface area contributed by atoms with Gasteiger partial charge >= 0.3 is 0 Å². The summed E-state index contributed by atoms with van der Waals surface area (Å²) in [5, 5.41) is 13.3. The molecular weight excluding hydrogens is 292 g/mol. The van der Waals surface area contributed by atoms with E-state index in [4.69, 9.17) is 11.6 Å². The average molecular weight is 305 g/mol. The summed E-state index contributed by atoms with van der Waals surface area (Å²) in [6.07, 6.45) is 1.53. The van der Waals surface area contributed by atoms with Gasteiger partial charge < -0.3 is 5.32 Å². The van der Waals surface area contributed by atoms with E-state index in [2.05, 4.69) is 5.32 Å². The number of carbonyl (C=O) groups is 1. The molecule has 1 rings (SSSR count). The number of halogens is 1. The number of nitrogens with zero attached hydrogens (tertiary/aromatic N) is 1. The van der Waals surface area contributed by atoms with Crippen LogP contribution < -0.4 is 5.32 Å². The highest BCUT2D eigenvalue weighted by molar-refractivity contribution is 7.84. The molecule has 1 aromatic rings. The van der Waals surface area contributed by atoms with Crippen molar-refractivity contribution in [1.29, 1.82) is 0 Å². The molecule has 0 saturated heterocycles. The lowest BCUT2D eigenvalue weighted by atomic mass is 10.1. The van der Waals surface area contributed by atoms with Crippen molar-refractivity contribution in [2.45, 2.75) is 12.2 Å². The molecule has 0 aliphatic heterocycles. The third-order valence-corrected chi connectivity index (χ3v) is 4.05. The Morgan fingerprint density at radius 1 is 1.58 bits per heavy atom. The fourth-order valence-corrected chi connectivity index (χ4v) is 1.79. The van der Waals surface area contributed by atoms with Gasteiger partial charge in [0.15, 0.2) is 0 Å². The summed E-state index contributed by atoms with van der Waals surface area (Å²) in [5.41, 5.74) is -0.418. The Morgan fingerprint density at radius 2 is 2.21 bits per heavy atom. The second kappa shape index (κ2) is 6.63. The van der Waals surface area contributed by atoms with Crippen LogP contribution in [0.3, 0.4) is 0 Å². The first-order valence-corrected chi connectivity index (χ1v) is 7.37. The number of amides is 1. The van der Waals surface area contributed by atoms with E-state index in [0.717, 1.165) is 0 Å². The van der Waals surface area contributed by atoms with Crippen molar-refractivity contribution in [3.05, 3.63) is 38.9 Å². The van der Waals surface area contributed by atoms with Crippen molar-refractivity contribution in [2.24, 2.45) is 0 Å². The lowest BCUT2D eigenvalue weighted by molar-refractivity contribution is -0.385. The number of nitro groups is 1. The smallest absolute Gasteiger partial charge is 0.282 e. The predicted molar refractivity (Wildman–Crippen MR) is 74.0 cm³/mol. The largest absolute Gasteiger partial charge is 0.351 e. The molecule has 0 fully saturated rings. The van der Waals surface area contributed by atoms with Crippen LogP contribution in [0, 0.1) is 10.1 Å². The fraction of sp³-hybridized carbons (Fsp3) is 0.364. The summed E-state index contributed by atoms with van der Waals surface area (Å²) in [4.78, 5) is 22.0. The van der Waals surface area contributed by atoms with Gasteiger partial charge in [-0.15, -0.1) is 0 Å². The van der Waals surface area contributed by atoms with Crippen LogP contribution in [0.4, 0.5) is 5.69 Å². The molecule has 104 valence electrons. The number of nitro benzene ring substituents is 1. The maximum absolute atomic E-state index is 11.9. The maximum Gasteiger partial charge on any atom is 0.282 e. The minimum atomic E-state index is -1.08. The van der Waals surface area contributed by atoms with Gasteiger partial charge in [-0.3, -0.25) is 19.1 Å². The van der Waals surface area contributed by atoms with Gasteiger partial charge in [-0.1, -0.05) is 11.6 Å². The van der Waals surface area contributed by atoms with E-state index in [1.165, 1.54) is 24.5 Å². The van der Waals surface area contributed by atoms with Gasteiger partial charge in [0.25, 0.3) is 11.6 Å². The van der Waals surface area contributed by atoms with Crippen LogP contribution >= 0.6 is 11.6 Å². The summed E-state index contributed by atoms with van der Waals surface area (Å²) in [6, 6.07) is 3.77. The molecule has 1 aromatic carbocycles. The SMILES string of the molecule is CC(CNC(=O)c1cc(Cl)ccc1[N+](=O)[O-])S(C)=O. The lowest BCUT2D eigenvalue weighted by Gasteiger charge is -2.10. The molecule has 0 heterocycles. The first kappa shape index (κ1) is 15.6. The molecule has 0 aromatic heterocycles. The minimum Gasteiger partial charge on any atom is -0.351 e. The normalized spacial score (nSPS) is 13.6. The minimum absolute atomic E-state index is 0.105. The molecule has 0 spiro atoms. The van der Waals surface area contributed by atoms with Crippen LogP contribution in [0.25, 0.3) is 0 Å². The van der Waals surface area contributed by atoms with E-state index in [9.17, 15) is 19.1 Å². The Balaban J connectivity index is 2.90. The number of benzene rings is 1. The van der Waals surface area contributed by atoms with Gasteiger partial charge in [-0.05, 0) is 19.1 Å². The van der Waals surface area contributed by atoms with Crippen molar-refractivity contribution in [3.8, 4) is 0 Å². The molecule has 0 saturated carbocycles. The number of rotatable bonds is 5. The van der Waals surface area contributed by atoms with Crippen LogP contribution in [0.15, 0.2) is 18.2 Å². The summed E-state index contributed by atoms with van der Waals surface area (Å²) in [7, 11) is -1.08.